The Morgan fingerprint density at radius 1 is 1.35 bits per heavy atom. The van der Waals surface area contributed by atoms with Crippen molar-refractivity contribution in [2.24, 2.45) is 5.14 Å². The van der Waals surface area contributed by atoms with E-state index in [0.29, 0.717) is 5.41 Å². The number of hydrogen-bond donors (Lipinski definition) is 2. The summed E-state index contributed by atoms with van der Waals surface area (Å²) in [5, 5.41) is 5.43. The minimum atomic E-state index is -4.32. The number of rotatable bonds is 3. The van der Waals surface area contributed by atoms with Gasteiger partial charge in [-0.05, 0) is 17.2 Å². The number of hydrogen-bond acceptors (Lipinski definition) is 4. The number of fused-ring (bicyclic) bond motifs is 1. The Balaban J connectivity index is 2.60. The van der Waals surface area contributed by atoms with Crippen LogP contribution in [0.4, 0.5) is 0 Å². The van der Waals surface area contributed by atoms with Gasteiger partial charge in [0.15, 0.2) is 0 Å². The molecular weight excluding hydrogens is 266 g/mol. The van der Waals surface area contributed by atoms with Gasteiger partial charge in [-0.3, -0.25) is 0 Å². The summed E-state index contributed by atoms with van der Waals surface area (Å²) in [5.41, 5.74) is -0.180. The first kappa shape index (κ1) is 9.77. The van der Waals surface area contributed by atoms with Crippen LogP contribution in [0.5, 0.6) is 0 Å². The third-order valence-electron chi connectivity index (χ3n) is 2.08. The molecule has 0 spiro atoms. The van der Waals surface area contributed by atoms with Crippen molar-refractivity contribution in [3.63, 3.8) is 0 Å². The molecular formula is C9H10N2O4S2. The van der Waals surface area contributed by atoms with E-state index in [1.54, 1.807) is 4.72 Å². The van der Waals surface area contributed by atoms with Crippen molar-refractivity contribution in [3.8, 4) is 0 Å². The number of sulfone groups is 1. The molecule has 0 radical (unpaired) electrons. The van der Waals surface area contributed by atoms with Crippen LogP contribution in [0, 0.1) is 0 Å². The largest absolute Gasteiger partial charge is 0.274 e. The Labute approximate surface area is 102 Å². The molecule has 0 bridgehead atoms. The highest BCUT2D eigenvalue weighted by atomic mass is 32.2. The van der Waals surface area contributed by atoms with E-state index in [1.807, 2.05) is 0 Å². The van der Waals surface area contributed by atoms with Crippen LogP contribution in [0.1, 0.15) is 8.30 Å². The molecule has 1 heterocycles. The van der Waals surface area contributed by atoms with Crippen LogP contribution in [0.2, 0.25) is 0 Å². The molecule has 92 valence electrons. The van der Waals surface area contributed by atoms with Gasteiger partial charge >= 0.3 is 0 Å². The summed E-state index contributed by atoms with van der Waals surface area (Å²) >= 11 is 0. The summed E-state index contributed by atoms with van der Waals surface area (Å²) in [4.78, 5) is -0.0647. The van der Waals surface area contributed by atoms with Gasteiger partial charge in [0.05, 0.1) is 4.90 Å². The zero-order valence-corrected chi connectivity index (χ0v) is 10.0. The molecule has 1 aliphatic rings. The molecule has 0 saturated heterocycles. The minimum Gasteiger partial charge on any atom is -0.219 e. The van der Waals surface area contributed by atoms with Gasteiger partial charge in [-0.1, -0.05) is 18.2 Å². The van der Waals surface area contributed by atoms with Crippen molar-refractivity contribution in [3.05, 3.63) is 35.2 Å². The molecule has 0 unspecified atom stereocenters. The van der Waals surface area contributed by atoms with E-state index in [0.717, 1.165) is 0 Å². The minimum absolute atomic E-state index is 0.0647. The fraction of sp³-hybridized carbons (Fsp3) is 0.111. The second-order valence-electron chi connectivity index (χ2n) is 3.34. The van der Waals surface area contributed by atoms with Gasteiger partial charge < -0.3 is 0 Å². The van der Waals surface area contributed by atoms with Crippen LogP contribution in [0.15, 0.2) is 34.6 Å². The van der Waals surface area contributed by atoms with E-state index in [2.05, 4.69) is 0 Å². The van der Waals surface area contributed by atoms with Gasteiger partial charge in [0, 0.05) is 14.6 Å². The molecule has 0 atom stereocenters. The fourth-order valence-electron chi connectivity index (χ4n) is 1.44. The topological polar surface area (TPSA) is 106 Å². The highest BCUT2D eigenvalue weighted by molar-refractivity contribution is 7.95. The standard InChI is InChI=1S/C9H10N2O4S2/c10-17(14,15)11-5-7-6-16(12,13)9-4-2-1-3-8(7)9/h1-4,6,11H,5H2,(H2,10,14,15)/i5+1D2,11+1. The summed E-state index contributed by atoms with van der Waals surface area (Å²) < 4.78 is 62.4. The zero-order valence-electron chi connectivity index (χ0n) is 10.4. The molecule has 0 aliphatic carbocycles. The molecule has 8 heteroatoms. The maximum atomic E-state index is 11.8. The molecule has 0 amide bonds. The summed E-state index contributed by atoms with van der Waals surface area (Å²) in [6.07, 6.45) is 0. The van der Waals surface area contributed by atoms with Crippen LogP contribution in [-0.2, 0) is 20.0 Å². The second-order valence-corrected chi connectivity index (χ2v) is 6.40. The molecule has 0 saturated carbocycles. The Morgan fingerprint density at radius 2 is 2.00 bits per heavy atom. The Kier molecular flexibility index (Phi) is 2.25. The van der Waals surface area contributed by atoms with Crippen LogP contribution in [-0.4, -0.2) is 23.3 Å². The lowest BCUT2D eigenvalue weighted by Crippen LogP contribution is -2.31. The van der Waals surface area contributed by atoms with Crippen LogP contribution in [0.25, 0.3) is 5.57 Å². The molecule has 1 aromatic rings. The fourth-order valence-corrected chi connectivity index (χ4v) is 3.07. The van der Waals surface area contributed by atoms with Crippen LogP contribution in [0.3, 0.4) is 0 Å². The second kappa shape index (κ2) is 3.91. The van der Waals surface area contributed by atoms with Crippen molar-refractivity contribution in [2.75, 3.05) is 6.50 Å². The molecule has 1 aromatic carbocycles. The monoisotopic (exact) mass is 278 g/mol. The molecule has 1 aliphatic heterocycles. The van der Waals surface area contributed by atoms with Crippen LogP contribution < -0.4 is 9.86 Å². The van der Waals surface area contributed by atoms with E-state index in [-0.39, 0.29) is 16.0 Å². The van der Waals surface area contributed by atoms with Gasteiger partial charge in [-0.25, -0.2) is 13.6 Å². The number of benzene rings is 1. The van der Waals surface area contributed by atoms with Gasteiger partial charge in [0.25, 0.3) is 10.2 Å². The Hall–Kier alpha value is -1.22. The first-order valence-electron chi connectivity index (χ1n) is 5.41. The lowest BCUT2D eigenvalue weighted by atomic mass is 10.1. The summed E-state index contributed by atoms with van der Waals surface area (Å²) in [7, 11) is -8.09. The SMILES string of the molecule is [2H][13C]([2H])([15NH]S(N)(=O)=O)C1=CS(=O)(=O)c2ccccc21. The van der Waals surface area contributed by atoms with Crippen molar-refractivity contribution in [1.29, 1.82) is 0 Å². The molecule has 2 rings (SSSR count). The third-order valence-corrected chi connectivity index (χ3v) is 3.99. The van der Waals surface area contributed by atoms with Crippen molar-refractivity contribution in [1.82, 2.24) is 4.72 Å². The normalized spacial score (nSPS) is 20.2. The molecule has 6 nitrogen and oxygen atoms in total. The maximum absolute atomic E-state index is 11.8. The van der Waals surface area contributed by atoms with Gasteiger partial charge in [-0.15, -0.1) is 0 Å². The average Bonchev–Trinajstić information content (AvgIpc) is 2.49. The zero-order chi connectivity index (χ0) is 14.5. The van der Waals surface area contributed by atoms with Gasteiger partial charge in [0.1, 0.15) is 0 Å². The quantitative estimate of drug-likeness (QED) is 0.580. The number of nitrogens with two attached hydrogens (primary N) is 1. The maximum Gasteiger partial charge on any atom is 0.274 e. The average molecular weight is 278 g/mol. The molecule has 0 aromatic heterocycles. The highest BCUT2D eigenvalue weighted by Crippen LogP contribution is 2.32. The van der Waals surface area contributed by atoms with Crippen molar-refractivity contribution >= 4 is 25.6 Å². The van der Waals surface area contributed by atoms with Crippen molar-refractivity contribution in [2.45, 2.75) is 4.90 Å². The Morgan fingerprint density at radius 3 is 2.65 bits per heavy atom. The van der Waals surface area contributed by atoms with Gasteiger partial charge in [0.2, 0.25) is 9.84 Å². The molecule has 0 fully saturated rings. The number of nitrogens with one attached hydrogen (secondary N) is 1. The Bertz CT molecular complexity index is 769. The van der Waals surface area contributed by atoms with Gasteiger partial charge in [-0.2, -0.15) is 13.1 Å². The van der Waals surface area contributed by atoms with E-state index in [9.17, 15) is 16.8 Å². The third kappa shape index (κ3) is 2.55. The molecule has 17 heavy (non-hydrogen) atoms. The summed E-state index contributed by atoms with van der Waals surface area (Å²) in [6.45, 7) is -2.62. The lowest BCUT2D eigenvalue weighted by Gasteiger charge is -2.04. The predicted octanol–water partition coefficient (Wildman–Crippen LogP) is -0.392. The highest BCUT2D eigenvalue weighted by Gasteiger charge is 2.26. The summed E-state index contributed by atoms with van der Waals surface area (Å²) in [6, 6.07) is 5.74. The lowest BCUT2D eigenvalue weighted by molar-refractivity contribution is 0.587. The molecule has 3 N–H and O–H groups in total. The van der Waals surface area contributed by atoms with E-state index < -0.39 is 26.5 Å². The predicted molar refractivity (Wildman–Crippen MR) is 62.7 cm³/mol. The van der Waals surface area contributed by atoms with E-state index in [4.69, 9.17) is 7.88 Å². The first-order chi connectivity index (χ1) is 8.53. The van der Waals surface area contributed by atoms with Crippen LogP contribution >= 0.6 is 0 Å². The summed E-state index contributed by atoms with van der Waals surface area (Å²) in [5.74, 6) is 0. The smallest absolute Gasteiger partial charge is 0.219 e. The van der Waals surface area contributed by atoms with Crippen molar-refractivity contribution < 1.29 is 19.6 Å². The first-order valence-corrected chi connectivity index (χ1v) is 7.50. The van der Waals surface area contributed by atoms with E-state index >= 15 is 0 Å². The van der Waals surface area contributed by atoms with E-state index in [1.165, 1.54) is 24.3 Å².